The lowest BCUT2D eigenvalue weighted by Gasteiger charge is -2.32. The normalized spacial score (nSPS) is 17.2. The first-order chi connectivity index (χ1) is 9.10. The van der Waals surface area contributed by atoms with Crippen molar-refractivity contribution in [2.45, 2.75) is 52.6 Å². The van der Waals surface area contributed by atoms with E-state index >= 15 is 0 Å². The average molecular weight is 263 g/mol. The molecule has 1 saturated heterocycles. The molecule has 106 valence electrons. The number of piperidine rings is 1. The summed E-state index contributed by atoms with van der Waals surface area (Å²) in [6, 6.07) is 2.09. The highest BCUT2D eigenvalue weighted by molar-refractivity contribution is 5.40. The zero-order chi connectivity index (χ0) is 13.8. The third-order valence-electron chi connectivity index (χ3n) is 3.54. The Labute approximate surface area is 116 Å². The Morgan fingerprint density at radius 2 is 2.00 bits per heavy atom. The summed E-state index contributed by atoms with van der Waals surface area (Å²) in [7, 11) is 0. The fraction of sp³-hybridized carbons (Fsp3) is 0.733. The van der Waals surface area contributed by atoms with Crippen molar-refractivity contribution in [1.82, 2.24) is 9.97 Å². The molecule has 1 aliphatic heterocycles. The molecule has 0 aromatic carbocycles. The van der Waals surface area contributed by atoms with Crippen LogP contribution in [0.5, 0.6) is 0 Å². The first-order valence-corrected chi connectivity index (χ1v) is 7.32. The summed E-state index contributed by atoms with van der Waals surface area (Å²) >= 11 is 0. The Balaban J connectivity index is 2.06. The van der Waals surface area contributed by atoms with Crippen LogP contribution in [0.25, 0.3) is 0 Å². The van der Waals surface area contributed by atoms with Gasteiger partial charge < -0.3 is 9.64 Å². The summed E-state index contributed by atoms with van der Waals surface area (Å²) in [6.45, 7) is 11.3. The highest BCUT2D eigenvalue weighted by Crippen LogP contribution is 2.22. The summed E-state index contributed by atoms with van der Waals surface area (Å²) in [6.07, 6.45) is 2.61. The van der Waals surface area contributed by atoms with Crippen molar-refractivity contribution in [3.8, 4) is 0 Å². The molecule has 0 saturated carbocycles. The summed E-state index contributed by atoms with van der Waals surface area (Å²) in [4.78, 5) is 11.6. The molecule has 0 amide bonds. The SMILES string of the molecule is CCOC1CCN(c2cc(C)nc(C(C)C)n2)CC1. The van der Waals surface area contributed by atoms with E-state index in [1.807, 2.05) is 6.92 Å². The first kappa shape index (κ1) is 14.3. The summed E-state index contributed by atoms with van der Waals surface area (Å²) in [5.41, 5.74) is 1.06. The van der Waals surface area contributed by atoms with Gasteiger partial charge >= 0.3 is 0 Å². The predicted molar refractivity (Wildman–Crippen MR) is 77.7 cm³/mol. The van der Waals surface area contributed by atoms with Gasteiger partial charge in [-0.3, -0.25) is 0 Å². The third-order valence-corrected chi connectivity index (χ3v) is 3.54. The molecule has 0 unspecified atom stereocenters. The van der Waals surface area contributed by atoms with Crippen LogP contribution in [0, 0.1) is 6.92 Å². The number of ether oxygens (including phenoxy) is 1. The zero-order valence-electron chi connectivity index (χ0n) is 12.5. The van der Waals surface area contributed by atoms with Crippen LogP contribution in [0.3, 0.4) is 0 Å². The second-order valence-electron chi connectivity index (χ2n) is 5.52. The van der Waals surface area contributed by atoms with E-state index in [2.05, 4.69) is 36.7 Å². The Bertz CT molecular complexity index is 412. The maximum Gasteiger partial charge on any atom is 0.133 e. The number of hydrogen-bond donors (Lipinski definition) is 0. The van der Waals surface area contributed by atoms with E-state index in [4.69, 9.17) is 9.72 Å². The van der Waals surface area contributed by atoms with Gasteiger partial charge in [0.05, 0.1) is 6.10 Å². The van der Waals surface area contributed by atoms with E-state index in [1.54, 1.807) is 0 Å². The van der Waals surface area contributed by atoms with Gasteiger partial charge in [0.15, 0.2) is 0 Å². The van der Waals surface area contributed by atoms with Crippen molar-refractivity contribution >= 4 is 5.82 Å². The standard InChI is InChI=1S/C15H25N3O/c1-5-19-13-6-8-18(9-7-13)14-10-12(4)16-15(17-14)11(2)3/h10-11,13H,5-9H2,1-4H3. The molecule has 4 heteroatoms. The highest BCUT2D eigenvalue weighted by Gasteiger charge is 2.21. The van der Waals surface area contributed by atoms with E-state index in [0.717, 1.165) is 49.9 Å². The zero-order valence-corrected chi connectivity index (χ0v) is 12.5. The van der Waals surface area contributed by atoms with E-state index in [0.29, 0.717) is 12.0 Å². The number of aryl methyl sites for hydroxylation is 1. The topological polar surface area (TPSA) is 38.2 Å². The van der Waals surface area contributed by atoms with Crippen molar-refractivity contribution in [2.75, 3.05) is 24.6 Å². The molecule has 1 aliphatic rings. The van der Waals surface area contributed by atoms with Crippen LogP contribution >= 0.6 is 0 Å². The smallest absolute Gasteiger partial charge is 0.133 e. The molecule has 0 radical (unpaired) electrons. The number of aromatic nitrogens is 2. The van der Waals surface area contributed by atoms with Gasteiger partial charge in [0, 0.05) is 37.4 Å². The van der Waals surface area contributed by atoms with Crippen molar-refractivity contribution < 1.29 is 4.74 Å². The van der Waals surface area contributed by atoms with Crippen LogP contribution in [0.15, 0.2) is 6.07 Å². The molecule has 1 aromatic rings. The fourth-order valence-corrected chi connectivity index (χ4v) is 2.48. The summed E-state index contributed by atoms with van der Waals surface area (Å²) in [5.74, 6) is 2.40. The molecule has 2 rings (SSSR count). The van der Waals surface area contributed by atoms with Crippen LogP contribution in [0.2, 0.25) is 0 Å². The average Bonchev–Trinajstić information content (AvgIpc) is 2.39. The van der Waals surface area contributed by atoms with Crippen molar-refractivity contribution in [1.29, 1.82) is 0 Å². The third kappa shape index (κ3) is 3.66. The predicted octanol–water partition coefficient (Wildman–Crippen LogP) is 2.91. The van der Waals surface area contributed by atoms with Crippen molar-refractivity contribution in [3.05, 3.63) is 17.6 Å². The summed E-state index contributed by atoms with van der Waals surface area (Å²) in [5, 5.41) is 0. The van der Waals surface area contributed by atoms with Gasteiger partial charge in [-0.05, 0) is 26.7 Å². The maximum atomic E-state index is 5.69. The van der Waals surface area contributed by atoms with E-state index in [9.17, 15) is 0 Å². The minimum Gasteiger partial charge on any atom is -0.378 e. The molecule has 1 aromatic heterocycles. The van der Waals surface area contributed by atoms with Crippen LogP contribution in [0.4, 0.5) is 5.82 Å². The van der Waals surface area contributed by atoms with Crippen molar-refractivity contribution in [3.63, 3.8) is 0 Å². The minimum atomic E-state index is 0.375. The van der Waals surface area contributed by atoms with Crippen LogP contribution in [-0.2, 0) is 4.74 Å². The van der Waals surface area contributed by atoms with Gasteiger partial charge in [-0.25, -0.2) is 9.97 Å². The van der Waals surface area contributed by atoms with Crippen LogP contribution in [-0.4, -0.2) is 35.8 Å². The Morgan fingerprint density at radius 1 is 1.32 bits per heavy atom. The lowest BCUT2D eigenvalue weighted by atomic mass is 10.1. The molecule has 19 heavy (non-hydrogen) atoms. The van der Waals surface area contributed by atoms with E-state index < -0.39 is 0 Å². The van der Waals surface area contributed by atoms with Crippen molar-refractivity contribution in [2.24, 2.45) is 0 Å². The maximum absolute atomic E-state index is 5.69. The van der Waals surface area contributed by atoms with Gasteiger partial charge in [-0.15, -0.1) is 0 Å². The molecule has 0 atom stereocenters. The molecular weight excluding hydrogens is 238 g/mol. The van der Waals surface area contributed by atoms with E-state index in [-0.39, 0.29) is 0 Å². The molecule has 0 aliphatic carbocycles. The molecule has 0 bridgehead atoms. The van der Waals surface area contributed by atoms with Gasteiger partial charge in [0.1, 0.15) is 11.6 Å². The monoisotopic (exact) mass is 263 g/mol. The lowest BCUT2D eigenvalue weighted by Crippen LogP contribution is -2.37. The number of anilines is 1. The van der Waals surface area contributed by atoms with Crippen LogP contribution < -0.4 is 4.90 Å². The minimum absolute atomic E-state index is 0.375. The van der Waals surface area contributed by atoms with Gasteiger partial charge in [0.25, 0.3) is 0 Å². The lowest BCUT2D eigenvalue weighted by molar-refractivity contribution is 0.0458. The highest BCUT2D eigenvalue weighted by atomic mass is 16.5. The molecule has 2 heterocycles. The van der Waals surface area contributed by atoms with Gasteiger partial charge in [0.2, 0.25) is 0 Å². The number of rotatable bonds is 4. The molecular formula is C15H25N3O. The number of nitrogens with zero attached hydrogens (tertiary/aromatic N) is 3. The second kappa shape index (κ2) is 6.33. The van der Waals surface area contributed by atoms with Gasteiger partial charge in [-0.2, -0.15) is 0 Å². The molecule has 4 nitrogen and oxygen atoms in total. The fourth-order valence-electron chi connectivity index (χ4n) is 2.48. The van der Waals surface area contributed by atoms with Gasteiger partial charge in [-0.1, -0.05) is 13.8 Å². The Kier molecular flexibility index (Phi) is 4.75. The largest absolute Gasteiger partial charge is 0.378 e. The Morgan fingerprint density at radius 3 is 2.58 bits per heavy atom. The van der Waals surface area contributed by atoms with E-state index in [1.165, 1.54) is 0 Å². The molecule has 1 fully saturated rings. The molecule has 0 spiro atoms. The molecule has 0 N–H and O–H groups in total. The quantitative estimate of drug-likeness (QED) is 0.837. The number of hydrogen-bond acceptors (Lipinski definition) is 4. The Hall–Kier alpha value is -1.16. The first-order valence-electron chi connectivity index (χ1n) is 7.32. The van der Waals surface area contributed by atoms with Crippen LogP contribution in [0.1, 0.15) is 51.0 Å². The summed E-state index contributed by atoms with van der Waals surface area (Å²) < 4.78 is 5.69. The second-order valence-corrected chi connectivity index (χ2v) is 5.52.